The summed E-state index contributed by atoms with van der Waals surface area (Å²) in [6.07, 6.45) is 6.67. The molecule has 20 heavy (non-hydrogen) atoms. The fraction of sp³-hybridized carbons (Fsp3) is 0.600. The van der Waals surface area contributed by atoms with Gasteiger partial charge in [-0.2, -0.15) is 0 Å². The van der Waals surface area contributed by atoms with E-state index >= 15 is 0 Å². The molecule has 0 saturated carbocycles. The summed E-state index contributed by atoms with van der Waals surface area (Å²) in [7, 11) is 0. The van der Waals surface area contributed by atoms with Gasteiger partial charge in [-0.05, 0) is 42.9 Å². The third kappa shape index (κ3) is 4.46. The molecule has 1 fully saturated rings. The summed E-state index contributed by atoms with van der Waals surface area (Å²) in [5.74, 6) is 0.119. The maximum Gasteiger partial charge on any atom is 0.237 e. The fourth-order valence-corrected chi connectivity index (χ4v) is 2.64. The van der Waals surface area contributed by atoms with Crippen molar-refractivity contribution in [1.82, 2.24) is 15.6 Å². The van der Waals surface area contributed by atoms with Crippen LogP contribution in [0.5, 0.6) is 0 Å². The van der Waals surface area contributed by atoms with Crippen molar-refractivity contribution in [3.8, 4) is 0 Å². The van der Waals surface area contributed by atoms with Crippen LogP contribution in [0.25, 0.3) is 0 Å². The zero-order valence-corrected chi connectivity index (χ0v) is 13.0. The molecule has 1 aromatic heterocycles. The van der Waals surface area contributed by atoms with E-state index in [0.29, 0.717) is 6.54 Å². The Balaban J connectivity index is 0.00000200. The van der Waals surface area contributed by atoms with Gasteiger partial charge in [-0.15, -0.1) is 12.4 Å². The van der Waals surface area contributed by atoms with E-state index < -0.39 is 0 Å². The molecule has 1 aromatic rings. The van der Waals surface area contributed by atoms with E-state index in [4.69, 9.17) is 0 Å². The van der Waals surface area contributed by atoms with Crippen molar-refractivity contribution >= 4 is 18.3 Å². The monoisotopic (exact) mass is 297 g/mol. The highest BCUT2D eigenvalue weighted by atomic mass is 35.5. The highest BCUT2D eigenvalue weighted by Gasteiger charge is 2.36. The van der Waals surface area contributed by atoms with E-state index in [1.165, 1.54) is 0 Å². The summed E-state index contributed by atoms with van der Waals surface area (Å²) in [5, 5.41) is 6.36. The second-order valence-electron chi connectivity index (χ2n) is 5.88. The van der Waals surface area contributed by atoms with Crippen molar-refractivity contribution in [2.75, 3.05) is 13.1 Å². The summed E-state index contributed by atoms with van der Waals surface area (Å²) >= 11 is 0. The molecule has 1 unspecified atom stereocenters. The molecule has 1 aliphatic heterocycles. The first-order chi connectivity index (χ1) is 9.09. The van der Waals surface area contributed by atoms with E-state index in [0.717, 1.165) is 31.4 Å². The Hall–Kier alpha value is -1.13. The van der Waals surface area contributed by atoms with Crippen LogP contribution in [-0.4, -0.2) is 30.0 Å². The molecule has 4 nitrogen and oxygen atoms in total. The van der Waals surface area contributed by atoms with Gasteiger partial charge in [-0.3, -0.25) is 9.78 Å². The van der Waals surface area contributed by atoms with E-state index in [1.54, 1.807) is 6.20 Å². The van der Waals surface area contributed by atoms with Crippen molar-refractivity contribution in [3.05, 3.63) is 30.1 Å². The van der Waals surface area contributed by atoms with Gasteiger partial charge in [0, 0.05) is 18.9 Å². The van der Waals surface area contributed by atoms with Gasteiger partial charge in [-0.1, -0.05) is 19.9 Å². The molecule has 0 spiro atoms. The average molecular weight is 298 g/mol. The molecular formula is C15H24ClN3O. The topological polar surface area (TPSA) is 54.0 Å². The van der Waals surface area contributed by atoms with E-state index in [9.17, 15) is 4.79 Å². The number of aromatic nitrogens is 1. The summed E-state index contributed by atoms with van der Waals surface area (Å²) in [6, 6.07) is 3.88. The maximum absolute atomic E-state index is 12.2. The van der Waals surface area contributed by atoms with Gasteiger partial charge in [0.1, 0.15) is 0 Å². The summed E-state index contributed by atoms with van der Waals surface area (Å²) < 4.78 is 0. The van der Waals surface area contributed by atoms with Crippen LogP contribution in [-0.2, 0) is 11.2 Å². The standard InChI is InChI=1S/C15H23N3O.ClH/c1-15(2)7-4-9-17-13(15)14(19)18-10-6-12-5-3-8-16-11-12;/h3,5,8,11,13,17H,4,6-7,9-10H2,1-2H3,(H,18,19);1H. The summed E-state index contributed by atoms with van der Waals surface area (Å²) in [4.78, 5) is 16.3. The highest BCUT2D eigenvalue weighted by molar-refractivity contribution is 5.85. The molecule has 5 heteroatoms. The molecule has 2 N–H and O–H groups in total. The van der Waals surface area contributed by atoms with E-state index in [2.05, 4.69) is 29.5 Å². The van der Waals surface area contributed by atoms with Crippen LogP contribution in [0.2, 0.25) is 0 Å². The molecule has 0 aromatic carbocycles. The molecule has 112 valence electrons. The number of amides is 1. The van der Waals surface area contributed by atoms with Crippen LogP contribution in [0, 0.1) is 5.41 Å². The SMILES string of the molecule is CC1(C)CCCNC1C(=O)NCCc1cccnc1.Cl. The molecule has 1 saturated heterocycles. The smallest absolute Gasteiger partial charge is 0.237 e. The van der Waals surface area contributed by atoms with Crippen LogP contribution in [0.15, 0.2) is 24.5 Å². The van der Waals surface area contributed by atoms with Crippen molar-refractivity contribution in [2.45, 2.75) is 39.2 Å². The van der Waals surface area contributed by atoms with Crippen LogP contribution in [0.4, 0.5) is 0 Å². The van der Waals surface area contributed by atoms with E-state index in [-0.39, 0.29) is 29.8 Å². The first-order valence-corrected chi connectivity index (χ1v) is 6.99. The molecule has 2 heterocycles. The van der Waals surface area contributed by atoms with Crippen molar-refractivity contribution in [3.63, 3.8) is 0 Å². The van der Waals surface area contributed by atoms with Crippen LogP contribution in [0.3, 0.4) is 0 Å². The van der Waals surface area contributed by atoms with Gasteiger partial charge in [-0.25, -0.2) is 0 Å². The zero-order valence-electron chi connectivity index (χ0n) is 12.2. The number of carbonyl (C=O) groups is 1. The fourth-order valence-electron chi connectivity index (χ4n) is 2.64. The van der Waals surface area contributed by atoms with Crippen LogP contribution < -0.4 is 10.6 Å². The molecule has 2 rings (SSSR count). The number of carbonyl (C=O) groups excluding carboxylic acids is 1. The maximum atomic E-state index is 12.2. The Bertz CT molecular complexity index is 422. The van der Waals surface area contributed by atoms with Gasteiger partial charge >= 0.3 is 0 Å². The minimum Gasteiger partial charge on any atom is -0.354 e. The Labute approximate surface area is 127 Å². The average Bonchev–Trinajstić information content (AvgIpc) is 2.39. The number of nitrogens with zero attached hydrogens (tertiary/aromatic N) is 1. The number of hydrogen-bond acceptors (Lipinski definition) is 3. The zero-order chi connectivity index (χ0) is 13.7. The number of halogens is 1. The quantitative estimate of drug-likeness (QED) is 0.893. The predicted molar refractivity (Wildman–Crippen MR) is 83.0 cm³/mol. The Kier molecular flexibility index (Phi) is 6.43. The number of nitrogens with one attached hydrogen (secondary N) is 2. The highest BCUT2D eigenvalue weighted by Crippen LogP contribution is 2.29. The Morgan fingerprint density at radius 2 is 2.35 bits per heavy atom. The first kappa shape index (κ1) is 16.9. The van der Waals surface area contributed by atoms with Gasteiger partial charge in [0.2, 0.25) is 5.91 Å². The lowest BCUT2D eigenvalue weighted by Gasteiger charge is -2.38. The van der Waals surface area contributed by atoms with Gasteiger partial charge in [0.05, 0.1) is 6.04 Å². The molecule has 1 aliphatic rings. The lowest BCUT2D eigenvalue weighted by Crippen LogP contribution is -2.55. The molecule has 0 aliphatic carbocycles. The van der Waals surface area contributed by atoms with Gasteiger partial charge in [0.15, 0.2) is 0 Å². The lowest BCUT2D eigenvalue weighted by atomic mass is 9.77. The van der Waals surface area contributed by atoms with Crippen molar-refractivity contribution in [1.29, 1.82) is 0 Å². The number of rotatable bonds is 4. The summed E-state index contributed by atoms with van der Waals surface area (Å²) in [6.45, 7) is 5.91. The largest absolute Gasteiger partial charge is 0.354 e. The van der Waals surface area contributed by atoms with Crippen LogP contribution in [0.1, 0.15) is 32.3 Å². The second-order valence-corrected chi connectivity index (χ2v) is 5.88. The third-order valence-corrected chi connectivity index (χ3v) is 3.83. The normalized spacial score (nSPS) is 20.8. The number of piperidine rings is 1. The molecule has 0 radical (unpaired) electrons. The third-order valence-electron chi connectivity index (χ3n) is 3.83. The minimum atomic E-state index is -0.0739. The van der Waals surface area contributed by atoms with Gasteiger partial charge < -0.3 is 10.6 Å². The van der Waals surface area contributed by atoms with Crippen LogP contribution >= 0.6 is 12.4 Å². The molecular weight excluding hydrogens is 274 g/mol. The number of hydrogen-bond donors (Lipinski definition) is 2. The van der Waals surface area contributed by atoms with Gasteiger partial charge in [0.25, 0.3) is 0 Å². The van der Waals surface area contributed by atoms with Crippen molar-refractivity contribution in [2.24, 2.45) is 5.41 Å². The lowest BCUT2D eigenvalue weighted by molar-refractivity contribution is -0.126. The molecule has 0 bridgehead atoms. The molecule has 1 amide bonds. The predicted octanol–water partition coefficient (Wildman–Crippen LogP) is 1.94. The first-order valence-electron chi connectivity index (χ1n) is 6.99. The Morgan fingerprint density at radius 3 is 3.00 bits per heavy atom. The second kappa shape index (κ2) is 7.60. The van der Waals surface area contributed by atoms with Crippen molar-refractivity contribution < 1.29 is 4.79 Å². The number of pyridine rings is 1. The molecule has 1 atom stereocenters. The summed E-state index contributed by atoms with van der Waals surface area (Å²) in [5.41, 5.74) is 1.19. The van der Waals surface area contributed by atoms with E-state index in [1.807, 2.05) is 18.3 Å². The minimum absolute atomic E-state index is 0. The Morgan fingerprint density at radius 1 is 1.55 bits per heavy atom.